The maximum absolute atomic E-state index is 9.33. The molecule has 0 heterocycles. The predicted molar refractivity (Wildman–Crippen MR) is 82.6 cm³/mol. The second-order valence-electron chi connectivity index (χ2n) is 6.57. The molecule has 0 amide bonds. The van der Waals surface area contributed by atoms with Crippen molar-refractivity contribution in [2.24, 2.45) is 11.8 Å². The Bertz CT molecular complexity index is 515. The molecule has 2 fully saturated rings. The van der Waals surface area contributed by atoms with E-state index in [1.165, 1.54) is 44.9 Å². The van der Waals surface area contributed by atoms with E-state index in [1.54, 1.807) is 0 Å². The average Bonchev–Trinajstić information content (AvgIpc) is 2.47. The van der Waals surface area contributed by atoms with Crippen molar-refractivity contribution in [1.29, 1.82) is 5.26 Å². The van der Waals surface area contributed by atoms with Crippen LogP contribution in [0.15, 0.2) is 18.2 Å². The van der Waals surface area contributed by atoms with E-state index in [0.29, 0.717) is 6.04 Å². The van der Waals surface area contributed by atoms with Gasteiger partial charge in [0.25, 0.3) is 0 Å². The zero-order valence-corrected chi connectivity index (χ0v) is 12.4. The number of anilines is 1. The molecular formula is C18H24N2. The van der Waals surface area contributed by atoms with Gasteiger partial charge in [0.2, 0.25) is 0 Å². The minimum absolute atomic E-state index is 0.559. The van der Waals surface area contributed by atoms with E-state index in [4.69, 9.17) is 0 Å². The molecule has 2 nitrogen and oxygen atoms in total. The lowest BCUT2D eigenvalue weighted by atomic mass is 9.69. The minimum atomic E-state index is 0.559. The summed E-state index contributed by atoms with van der Waals surface area (Å²) in [6.45, 7) is 2.02. The molecule has 3 rings (SSSR count). The zero-order chi connectivity index (χ0) is 13.9. The van der Waals surface area contributed by atoms with Gasteiger partial charge in [-0.25, -0.2) is 0 Å². The van der Waals surface area contributed by atoms with Crippen LogP contribution in [0, 0.1) is 30.1 Å². The second-order valence-corrected chi connectivity index (χ2v) is 6.57. The van der Waals surface area contributed by atoms with Crippen LogP contribution >= 0.6 is 0 Å². The third kappa shape index (κ3) is 2.68. The Morgan fingerprint density at radius 2 is 1.90 bits per heavy atom. The van der Waals surface area contributed by atoms with Crippen molar-refractivity contribution in [2.75, 3.05) is 5.32 Å². The highest BCUT2D eigenvalue weighted by Gasteiger charge is 2.32. The zero-order valence-electron chi connectivity index (χ0n) is 12.4. The lowest BCUT2D eigenvalue weighted by molar-refractivity contribution is 0.162. The molecule has 0 radical (unpaired) electrons. The standard InChI is InChI=1S/C18H24N2/c1-13-5-4-8-18(17(13)12-19)20-16-10-9-14-6-2-3-7-15(14)11-16/h4-5,8,14-16,20H,2-3,6-7,9-11H2,1H3. The van der Waals surface area contributed by atoms with Crippen molar-refractivity contribution in [1.82, 2.24) is 0 Å². The van der Waals surface area contributed by atoms with Crippen molar-refractivity contribution in [3.8, 4) is 6.07 Å². The van der Waals surface area contributed by atoms with Gasteiger partial charge in [0.05, 0.1) is 11.3 Å². The number of hydrogen-bond donors (Lipinski definition) is 1. The number of aryl methyl sites for hydroxylation is 1. The fourth-order valence-corrected chi connectivity index (χ4v) is 4.16. The molecule has 0 aromatic heterocycles. The van der Waals surface area contributed by atoms with Crippen LogP contribution in [0.1, 0.15) is 56.1 Å². The van der Waals surface area contributed by atoms with Crippen LogP contribution in [0.2, 0.25) is 0 Å². The van der Waals surface area contributed by atoms with Crippen LogP contribution in [0.3, 0.4) is 0 Å². The number of hydrogen-bond acceptors (Lipinski definition) is 2. The van der Waals surface area contributed by atoms with Gasteiger partial charge in [-0.1, -0.05) is 37.8 Å². The highest BCUT2D eigenvalue weighted by atomic mass is 14.9. The van der Waals surface area contributed by atoms with Gasteiger partial charge < -0.3 is 5.32 Å². The summed E-state index contributed by atoms with van der Waals surface area (Å²) in [7, 11) is 0. The molecule has 20 heavy (non-hydrogen) atoms. The fourth-order valence-electron chi connectivity index (χ4n) is 4.16. The Balaban J connectivity index is 1.70. The number of nitriles is 1. The Morgan fingerprint density at radius 1 is 1.10 bits per heavy atom. The number of nitrogens with zero attached hydrogens (tertiary/aromatic N) is 1. The third-order valence-electron chi connectivity index (χ3n) is 5.28. The third-order valence-corrected chi connectivity index (χ3v) is 5.28. The van der Waals surface area contributed by atoms with Crippen LogP contribution < -0.4 is 5.32 Å². The van der Waals surface area contributed by atoms with E-state index in [0.717, 1.165) is 28.7 Å². The van der Waals surface area contributed by atoms with Gasteiger partial charge in [0.15, 0.2) is 0 Å². The van der Waals surface area contributed by atoms with Crippen LogP contribution in [0.4, 0.5) is 5.69 Å². The lowest BCUT2D eigenvalue weighted by Crippen LogP contribution is -2.34. The Kier molecular flexibility index (Phi) is 3.96. The van der Waals surface area contributed by atoms with E-state index in [9.17, 15) is 5.26 Å². The highest BCUT2D eigenvalue weighted by molar-refractivity contribution is 5.61. The average molecular weight is 268 g/mol. The van der Waals surface area contributed by atoms with Gasteiger partial charge in [-0.05, 0) is 49.7 Å². The number of rotatable bonds is 2. The van der Waals surface area contributed by atoms with Crippen molar-refractivity contribution in [2.45, 2.75) is 57.9 Å². The van der Waals surface area contributed by atoms with Crippen molar-refractivity contribution in [3.63, 3.8) is 0 Å². The number of benzene rings is 1. The molecule has 0 spiro atoms. The summed E-state index contributed by atoms with van der Waals surface area (Å²) in [4.78, 5) is 0. The molecule has 1 N–H and O–H groups in total. The largest absolute Gasteiger partial charge is 0.381 e. The second kappa shape index (κ2) is 5.87. The molecule has 2 saturated carbocycles. The maximum atomic E-state index is 9.33. The Morgan fingerprint density at radius 3 is 2.70 bits per heavy atom. The topological polar surface area (TPSA) is 35.8 Å². The van der Waals surface area contributed by atoms with Crippen LogP contribution in [0.25, 0.3) is 0 Å². The molecule has 2 heteroatoms. The molecule has 0 bridgehead atoms. The summed E-state index contributed by atoms with van der Waals surface area (Å²) < 4.78 is 0. The van der Waals surface area contributed by atoms with Crippen LogP contribution in [-0.4, -0.2) is 6.04 Å². The monoisotopic (exact) mass is 268 g/mol. The molecular weight excluding hydrogens is 244 g/mol. The van der Waals surface area contributed by atoms with Gasteiger partial charge >= 0.3 is 0 Å². The first-order valence-electron chi connectivity index (χ1n) is 8.04. The van der Waals surface area contributed by atoms with Gasteiger partial charge in [0, 0.05) is 6.04 Å². The molecule has 106 valence electrons. The Labute approximate surface area is 122 Å². The fraction of sp³-hybridized carbons (Fsp3) is 0.611. The summed E-state index contributed by atoms with van der Waals surface area (Å²) in [5, 5.41) is 13.0. The summed E-state index contributed by atoms with van der Waals surface area (Å²) in [5.74, 6) is 1.90. The normalized spacial score (nSPS) is 29.3. The van der Waals surface area contributed by atoms with Gasteiger partial charge in [-0.3, -0.25) is 0 Å². The maximum Gasteiger partial charge on any atom is 0.102 e. The highest BCUT2D eigenvalue weighted by Crippen LogP contribution is 2.41. The van der Waals surface area contributed by atoms with Crippen molar-refractivity contribution in [3.05, 3.63) is 29.3 Å². The van der Waals surface area contributed by atoms with E-state index in [1.807, 2.05) is 19.1 Å². The first kappa shape index (κ1) is 13.5. The predicted octanol–water partition coefficient (Wildman–Crippen LogP) is 4.64. The molecule has 1 aromatic carbocycles. The molecule has 3 atom stereocenters. The number of nitrogens with one attached hydrogen (secondary N) is 1. The quantitative estimate of drug-likeness (QED) is 0.848. The van der Waals surface area contributed by atoms with Gasteiger partial charge in [-0.15, -0.1) is 0 Å². The first-order chi connectivity index (χ1) is 9.78. The Hall–Kier alpha value is -1.49. The van der Waals surface area contributed by atoms with Crippen molar-refractivity contribution < 1.29 is 0 Å². The molecule has 1 aromatic rings. The van der Waals surface area contributed by atoms with E-state index < -0.39 is 0 Å². The smallest absolute Gasteiger partial charge is 0.102 e. The molecule has 0 aliphatic heterocycles. The molecule has 2 aliphatic rings. The van der Waals surface area contributed by atoms with Crippen LogP contribution in [-0.2, 0) is 0 Å². The molecule has 0 saturated heterocycles. The number of fused-ring (bicyclic) bond motifs is 1. The van der Waals surface area contributed by atoms with Crippen LogP contribution in [0.5, 0.6) is 0 Å². The summed E-state index contributed by atoms with van der Waals surface area (Å²) >= 11 is 0. The SMILES string of the molecule is Cc1cccc(NC2CCC3CCCCC3C2)c1C#N. The minimum Gasteiger partial charge on any atom is -0.381 e. The van der Waals surface area contributed by atoms with E-state index >= 15 is 0 Å². The molecule has 3 unspecified atom stereocenters. The van der Waals surface area contributed by atoms with E-state index in [2.05, 4.69) is 17.5 Å². The summed E-state index contributed by atoms with van der Waals surface area (Å²) in [5.41, 5.74) is 2.92. The van der Waals surface area contributed by atoms with E-state index in [-0.39, 0.29) is 0 Å². The summed E-state index contributed by atoms with van der Waals surface area (Å²) in [6.07, 6.45) is 9.66. The van der Waals surface area contributed by atoms with Gasteiger partial charge in [0.1, 0.15) is 6.07 Å². The van der Waals surface area contributed by atoms with Gasteiger partial charge in [-0.2, -0.15) is 5.26 Å². The summed E-state index contributed by atoms with van der Waals surface area (Å²) in [6, 6.07) is 9.02. The first-order valence-corrected chi connectivity index (χ1v) is 8.04. The lowest BCUT2D eigenvalue weighted by Gasteiger charge is -2.40. The van der Waals surface area contributed by atoms with Crippen molar-refractivity contribution >= 4 is 5.69 Å². The molecule has 2 aliphatic carbocycles.